The van der Waals surface area contributed by atoms with Crippen LogP contribution in [0.3, 0.4) is 0 Å². The standard InChI is InChI=1S/C29H46N2O10/c1-26(2,3)22(32)36-16-17-18(38-23(33)27(4,5)6)19(39-24(34)28(7,8)9)20(40-25(35)29(10,11)12)21(37-17)41-31-15-13-14-30-31/h13-15,17-21H,16H2,1-12H3/t17-,18-,19+,20-,21?/m1/s1. The van der Waals surface area contributed by atoms with E-state index in [1.807, 2.05) is 0 Å². The van der Waals surface area contributed by atoms with Gasteiger partial charge < -0.3 is 28.5 Å². The highest BCUT2D eigenvalue weighted by Crippen LogP contribution is 2.34. The predicted octanol–water partition coefficient (Wildman–Crippen LogP) is 3.50. The van der Waals surface area contributed by atoms with Crippen LogP contribution in [0.15, 0.2) is 18.5 Å². The molecule has 5 atom stereocenters. The molecule has 12 heteroatoms. The second-order valence-electron chi connectivity index (χ2n) is 14.3. The molecule has 1 aliphatic rings. The summed E-state index contributed by atoms with van der Waals surface area (Å²) in [6, 6.07) is 1.60. The van der Waals surface area contributed by atoms with Gasteiger partial charge in [-0.25, -0.2) is 0 Å². The van der Waals surface area contributed by atoms with Crippen molar-refractivity contribution in [1.82, 2.24) is 9.94 Å². The first-order valence-corrected chi connectivity index (χ1v) is 13.6. The van der Waals surface area contributed by atoms with Gasteiger partial charge in [0.15, 0.2) is 12.2 Å². The van der Waals surface area contributed by atoms with E-state index in [1.165, 1.54) is 12.4 Å². The van der Waals surface area contributed by atoms with Crippen molar-refractivity contribution in [2.75, 3.05) is 6.61 Å². The van der Waals surface area contributed by atoms with Crippen molar-refractivity contribution in [3.63, 3.8) is 0 Å². The lowest BCUT2D eigenvalue weighted by Crippen LogP contribution is -2.65. The Morgan fingerprint density at radius 1 is 0.683 bits per heavy atom. The minimum Gasteiger partial charge on any atom is -0.462 e. The highest BCUT2D eigenvalue weighted by atomic mass is 16.8. The maximum atomic E-state index is 13.2. The van der Waals surface area contributed by atoms with Gasteiger partial charge in [-0.2, -0.15) is 0 Å². The fraction of sp³-hybridized carbons (Fsp3) is 0.759. The highest BCUT2D eigenvalue weighted by molar-refractivity contribution is 5.78. The smallest absolute Gasteiger partial charge is 0.311 e. The molecule has 1 saturated heterocycles. The predicted molar refractivity (Wildman–Crippen MR) is 146 cm³/mol. The summed E-state index contributed by atoms with van der Waals surface area (Å²) in [5.74, 6) is -2.46. The molecular formula is C29H46N2O10. The van der Waals surface area contributed by atoms with E-state index in [2.05, 4.69) is 5.10 Å². The second-order valence-corrected chi connectivity index (χ2v) is 14.3. The molecule has 1 aromatic heterocycles. The molecule has 2 rings (SSSR count). The molecule has 0 radical (unpaired) electrons. The highest BCUT2D eigenvalue weighted by Gasteiger charge is 2.56. The summed E-state index contributed by atoms with van der Waals surface area (Å²) in [6.45, 7) is 19.6. The minimum absolute atomic E-state index is 0.374. The van der Waals surface area contributed by atoms with Crippen LogP contribution in [0.5, 0.6) is 0 Å². The summed E-state index contributed by atoms with van der Waals surface area (Å²) in [4.78, 5) is 59.1. The van der Waals surface area contributed by atoms with Crippen molar-refractivity contribution in [3.05, 3.63) is 18.5 Å². The number of carbonyl (C=O) groups excluding carboxylic acids is 4. The molecule has 232 valence electrons. The molecule has 1 aromatic rings. The summed E-state index contributed by atoms with van der Waals surface area (Å²) in [6.07, 6.45) is -3.75. The van der Waals surface area contributed by atoms with E-state index in [-0.39, 0.29) is 6.61 Å². The van der Waals surface area contributed by atoms with Crippen molar-refractivity contribution in [2.24, 2.45) is 21.7 Å². The third kappa shape index (κ3) is 9.44. The summed E-state index contributed by atoms with van der Waals surface area (Å²) in [5, 5.41) is 4.02. The van der Waals surface area contributed by atoms with Crippen LogP contribution >= 0.6 is 0 Å². The van der Waals surface area contributed by atoms with Gasteiger partial charge in [-0.05, 0) is 89.2 Å². The average Bonchev–Trinajstić information content (AvgIpc) is 3.31. The first-order chi connectivity index (χ1) is 18.5. The fourth-order valence-corrected chi connectivity index (χ4v) is 3.20. The number of esters is 4. The molecule has 1 aliphatic heterocycles. The third-order valence-electron chi connectivity index (χ3n) is 5.84. The van der Waals surface area contributed by atoms with Gasteiger partial charge in [0.25, 0.3) is 6.29 Å². The summed E-state index contributed by atoms with van der Waals surface area (Å²) < 4.78 is 29.4. The van der Waals surface area contributed by atoms with E-state index in [0.29, 0.717) is 0 Å². The number of rotatable bonds is 7. The van der Waals surface area contributed by atoms with Crippen molar-refractivity contribution < 1.29 is 47.7 Å². The lowest BCUT2D eigenvalue weighted by molar-refractivity contribution is -0.313. The molecular weight excluding hydrogens is 536 g/mol. The molecule has 0 amide bonds. The molecule has 0 saturated carbocycles. The van der Waals surface area contributed by atoms with Gasteiger partial charge in [-0.1, -0.05) is 0 Å². The maximum Gasteiger partial charge on any atom is 0.311 e. The Morgan fingerprint density at radius 3 is 1.54 bits per heavy atom. The van der Waals surface area contributed by atoms with Crippen LogP contribution in [-0.2, 0) is 42.9 Å². The largest absolute Gasteiger partial charge is 0.462 e. The number of carbonyl (C=O) groups is 4. The molecule has 0 aliphatic carbocycles. The van der Waals surface area contributed by atoms with Crippen molar-refractivity contribution in [1.29, 1.82) is 0 Å². The molecule has 0 N–H and O–H groups in total. The van der Waals surface area contributed by atoms with Gasteiger partial charge >= 0.3 is 23.9 Å². The van der Waals surface area contributed by atoms with Crippen molar-refractivity contribution in [3.8, 4) is 0 Å². The SMILES string of the molecule is CC(C)(C)C(=O)OC[C@H]1OC(On2cccn2)[C@H](OC(=O)C(C)(C)C)[C@@H](OC(=O)C(C)(C)C)[C@@H]1OC(=O)C(C)(C)C. The maximum absolute atomic E-state index is 13.2. The van der Waals surface area contributed by atoms with E-state index < -0.39 is 76.2 Å². The zero-order chi connectivity index (χ0) is 31.6. The Bertz CT molecular complexity index is 1070. The molecule has 1 fully saturated rings. The van der Waals surface area contributed by atoms with E-state index in [4.69, 9.17) is 28.5 Å². The molecule has 1 unspecified atom stereocenters. The lowest BCUT2D eigenvalue weighted by atomic mass is 9.93. The van der Waals surface area contributed by atoms with E-state index in [0.717, 1.165) is 4.85 Å². The zero-order valence-corrected chi connectivity index (χ0v) is 26.3. The van der Waals surface area contributed by atoms with Gasteiger partial charge in [0.1, 0.15) is 12.7 Å². The van der Waals surface area contributed by atoms with Crippen molar-refractivity contribution >= 4 is 23.9 Å². The van der Waals surface area contributed by atoms with Gasteiger partial charge in [-0.3, -0.25) is 19.2 Å². The first kappa shape index (κ1) is 34.1. The fourth-order valence-electron chi connectivity index (χ4n) is 3.20. The van der Waals surface area contributed by atoms with E-state index >= 15 is 0 Å². The van der Waals surface area contributed by atoms with E-state index in [9.17, 15) is 19.2 Å². The molecule has 0 spiro atoms. The third-order valence-corrected chi connectivity index (χ3v) is 5.84. The number of nitrogens with zero attached hydrogens (tertiary/aromatic N) is 2. The Balaban J connectivity index is 2.65. The van der Waals surface area contributed by atoms with Gasteiger partial charge in [0, 0.05) is 0 Å². The Morgan fingerprint density at radius 2 is 1.12 bits per heavy atom. The Hall–Kier alpha value is -3.15. The number of hydrogen-bond donors (Lipinski definition) is 0. The Kier molecular flexibility index (Phi) is 10.3. The van der Waals surface area contributed by atoms with Crippen molar-refractivity contribution in [2.45, 2.75) is 114 Å². The van der Waals surface area contributed by atoms with Crippen LogP contribution in [0.25, 0.3) is 0 Å². The van der Waals surface area contributed by atoms with Gasteiger partial charge in [-0.15, -0.1) is 9.94 Å². The number of ether oxygens (including phenoxy) is 5. The minimum atomic E-state index is -1.40. The van der Waals surface area contributed by atoms with E-state index in [1.54, 1.807) is 89.2 Å². The second kappa shape index (κ2) is 12.4. The topological polar surface area (TPSA) is 141 Å². The zero-order valence-electron chi connectivity index (χ0n) is 26.3. The van der Waals surface area contributed by atoms with Crippen LogP contribution in [-0.4, -0.2) is 71.1 Å². The first-order valence-electron chi connectivity index (χ1n) is 13.6. The van der Waals surface area contributed by atoms with Gasteiger partial charge in [0.05, 0.1) is 34.1 Å². The van der Waals surface area contributed by atoms with Gasteiger partial charge in [0.2, 0.25) is 6.10 Å². The van der Waals surface area contributed by atoms with Crippen LogP contribution in [0.4, 0.5) is 0 Å². The lowest BCUT2D eigenvalue weighted by Gasteiger charge is -2.45. The number of hydrogen-bond acceptors (Lipinski definition) is 11. The monoisotopic (exact) mass is 582 g/mol. The molecule has 0 bridgehead atoms. The molecule has 41 heavy (non-hydrogen) atoms. The summed E-state index contributed by atoms with van der Waals surface area (Å²) in [5.41, 5.74) is -3.71. The quantitative estimate of drug-likeness (QED) is 0.344. The van der Waals surface area contributed by atoms with Crippen LogP contribution < -0.4 is 4.84 Å². The molecule has 2 heterocycles. The Labute approximate surface area is 242 Å². The molecule has 12 nitrogen and oxygen atoms in total. The van der Waals surface area contributed by atoms with Crippen LogP contribution in [0, 0.1) is 21.7 Å². The molecule has 0 aromatic carbocycles. The normalized spacial score (nSPS) is 23.8. The summed E-state index contributed by atoms with van der Waals surface area (Å²) in [7, 11) is 0. The number of aromatic nitrogens is 2. The summed E-state index contributed by atoms with van der Waals surface area (Å²) >= 11 is 0. The average molecular weight is 583 g/mol. The van der Waals surface area contributed by atoms with Crippen LogP contribution in [0.1, 0.15) is 83.1 Å². The van der Waals surface area contributed by atoms with Crippen LogP contribution in [0.2, 0.25) is 0 Å².